The normalized spacial score (nSPS) is 18.8. The summed E-state index contributed by atoms with van der Waals surface area (Å²) in [5.74, 6) is 1.85. The molecule has 1 heterocycles. The molecule has 13 heavy (non-hydrogen) atoms. The Morgan fingerprint density at radius 3 is 2.85 bits per heavy atom. The number of nitrogens with two attached hydrogens (primary N) is 1. The van der Waals surface area contributed by atoms with Crippen molar-refractivity contribution in [2.75, 3.05) is 13.8 Å². The van der Waals surface area contributed by atoms with Crippen molar-refractivity contribution in [3.63, 3.8) is 0 Å². The lowest BCUT2D eigenvalue weighted by atomic mass is 10.3. The minimum absolute atomic E-state index is 0.377. The highest BCUT2D eigenvalue weighted by Crippen LogP contribution is 2.24. The van der Waals surface area contributed by atoms with Gasteiger partial charge in [0, 0.05) is 6.42 Å². The molecule has 1 aliphatic heterocycles. The number of ether oxygens (including phenoxy) is 2. The summed E-state index contributed by atoms with van der Waals surface area (Å²) in [5.41, 5.74) is 5.71. The van der Waals surface area contributed by atoms with Gasteiger partial charge in [0.25, 0.3) is 0 Å². The van der Waals surface area contributed by atoms with Crippen molar-refractivity contribution >= 4 is 0 Å². The molecule has 0 unspecified atom stereocenters. The average molecular weight is 181 g/mol. The van der Waals surface area contributed by atoms with E-state index >= 15 is 0 Å². The van der Waals surface area contributed by atoms with Crippen molar-refractivity contribution in [1.82, 2.24) is 0 Å². The lowest BCUT2D eigenvalue weighted by Crippen LogP contribution is -1.83. The maximum atomic E-state index is 5.25. The van der Waals surface area contributed by atoms with Crippen LogP contribution in [-0.2, 0) is 9.47 Å². The van der Waals surface area contributed by atoms with E-state index in [2.05, 4.69) is 17.9 Å². The highest BCUT2D eigenvalue weighted by atomic mass is 16.7. The molecule has 0 saturated heterocycles. The first-order valence-corrected chi connectivity index (χ1v) is 4.27. The molecule has 0 amide bonds. The number of hydrogen-bond donors (Lipinski definition) is 1. The molecule has 72 valence electrons. The van der Waals surface area contributed by atoms with Gasteiger partial charge in [0.2, 0.25) is 6.79 Å². The maximum Gasteiger partial charge on any atom is 0.230 e. The zero-order valence-electron chi connectivity index (χ0n) is 8.04. The fourth-order valence-electron chi connectivity index (χ4n) is 1.20. The van der Waals surface area contributed by atoms with Crippen LogP contribution >= 0.6 is 0 Å². The molecule has 0 aromatic heterocycles. The van der Waals surface area contributed by atoms with Gasteiger partial charge >= 0.3 is 0 Å². The van der Waals surface area contributed by atoms with E-state index < -0.39 is 0 Å². The molecule has 0 bridgehead atoms. The van der Waals surface area contributed by atoms with Gasteiger partial charge in [0.15, 0.2) is 5.76 Å². The van der Waals surface area contributed by atoms with E-state index in [1.54, 1.807) is 0 Å². The van der Waals surface area contributed by atoms with Gasteiger partial charge in [-0.1, -0.05) is 12.2 Å². The van der Waals surface area contributed by atoms with Crippen LogP contribution in [0.5, 0.6) is 0 Å². The highest BCUT2D eigenvalue weighted by molar-refractivity contribution is 5.32. The Morgan fingerprint density at radius 1 is 1.31 bits per heavy atom. The molecule has 2 aliphatic rings. The summed E-state index contributed by atoms with van der Waals surface area (Å²) in [6.45, 7) is 2.43. The molecule has 0 atom stereocenters. The number of hydrogen-bond acceptors (Lipinski definition) is 3. The SMILES string of the molecule is CC1=CC2=C(CC=C1)OCO2.CN. The Labute approximate surface area is 78.5 Å². The van der Waals surface area contributed by atoms with Crippen LogP contribution in [0.15, 0.2) is 35.3 Å². The smallest absolute Gasteiger partial charge is 0.230 e. The summed E-state index contributed by atoms with van der Waals surface area (Å²) < 4.78 is 10.5. The summed E-state index contributed by atoms with van der Waals surface area (Å²) in [6.07, 6.45) is 7.02. The Morgan fingerprint density at radius 2 is 2.08 bits per heavy atom. The van der Waals surface area contributed by atoms with Gasteiger partial charge in [-0.2, -0.15) is 0 Å². The third kappa shape index (κ3) is 2.36. The Bertz CT molecular complexity index is 264. The van der Waals surface area contributed by atoms with E-state index in [1.807, 2.05) is 13.0 Å². The molecule has 0 spiro atoms. The molecule has 2 N–H and O–H groups in total. The summed E-state index contributed by atoms with van der Waals surface area (Å²) in [7, 11) is 1.50. The largest absolute Gasteiger partial charge is 0.458 e. The van der Waals surface area contributed by atoms with E-state index in [9.17, 15) is 0 Å². The van der Waals surface area contributed by atoms with Gasteiger partial charge < -0.3 is 15.2 Å². The van der Waals surface area contributed by atoms with E-state index in [0.29, 0.717) is 6.79 Å². The van der Waals surface area contributed by atoms with Gasteiger partial charge in [-0.25, -0.2) is 0 Å². The fourth-order valence-corrected chi connectivity index (χ4v) is 1.20. The summed E-state index contributed by atoms with van der Waals surface area (Å²) in [5, 5.41) is 0. The van der Waals surface area contributed by atoms with Crippen LogP contribution < -0.4 is 5.73 Å². The van der Waals surface area contributed by atoms with Crippen molar-refractivity contribution in [3.8, 4) is 0 Å². The molecular weight excluding hydrogens is 166 g/mol. The van der Waals surface area contributed by atoms with Crippen molar-refractivity contribution in [3.05, 3.63) is 35.3 Å². The lowest BCUT2D eigenvalue weighted by Gasteiger charge is -1.93. The topological polar surface area (TPSA) is 44.5 Å². The van der Waals surface area contributed by atoms with Crippen LogP contribution in [0.2, 0.25) is 0 Å². The van der Waals surface area contributed by atoms with Crippen LogP contribution in [0.4, 0.5) is 0 Å². The standard InChI is InChI=1S/C9H10O2.CH5N/c1-7-3-2-4-8-9(5-7)11-6-10-8;1-2/h2-3,5H,4,6H2,1H3;2H2,1H3. The molecule has 0 radical (unpaired) electrons. The van der Waals surface area contributed by atoms with Gasteiger partial charge in [0.1, 0.15) is 5.76 Å². The minimum Gasteiger partial charge on any atom is -0.458 e. The van der Waals surface area contributed by atoms with Gasteiger partial charge in [0.05, 0.1) is 0 Å². The Kier molecular flexibility index (Phi) is 3.58. The quantitative estimate of drug-likeness (QED) is 0.618. The number of rotatable bonds is 0. The van der Waals surface area contributed by atoms with Crippen LogP contribution in [-0.4, -0.2) is 13.8 Å². The van der Waals surface area contributed by atoms with Gasteiger partial charge in [-0.05, 0) is 25.6 Å². The predicted octanol–water partition coefficient (Wildman–Crippen LogP) is 1.68. The molecule has 0 aromatic carbocycles. The van der Waals surface area contributed by atoms with Gasteiger partial charge in [-0.3, -0.25) is 0 Å². The first-order chi connectivity index (χ1) is 6.36. The van der Waals surface area contributed by atoms with E-state index in [0.717, 1.165) is 17.9 Å². The van der Waals surface area contributed by atoms with E-state index in [4.69, 9.17) is 9.47 Å². The molecule has 2 rings (SSSR count). The molecule has 0 saturated carbocycles. The molecule has 1 aliphatic carbocycles. The molecule has 0 aromatic rings. The monoisotopic (exact) mass is 181 g/mol. The molecular formula is C10H15NO2. The molecule has 0 fully saturated rings. The second-order valence-corrected chi connectivity index (χ2v) is 2.69. The van der Waals surface area contributed by atoms with Crippen molar-refractivity contribution < 1.29 is 9.47 Å². The fraction of sp³-hybridized carbons (Fsp3) is 0.400. The van der Waals surface area contributed by atoms with Crippen LogP contribution in [0, 0.1) is 0 Å². The van der Waals surface area contributed by atoms with Gasteiger partial charge in [-0.15, -0.1) is 0 Å². The third-order valence-corrected chi connectivity index (χ3v) is 1.77. The van der Waals surface area contributed by atoms with Crippen molar-refractivity contribution in [2.24, 2.45) is 5.73 Å². The second kappa shape index (κ2) is 4.72. The Balaban J connectivity index is 0.000000396. The predicted molar refractivity (Wildman–Crippen MR) is 51.7 cm³/mol. The Hall–Kier alpha value is -1.22. The maximum absolute atomic E-state index is 5.25. The van der Waals surface area contributed by atoms with Crippen molar-refractivity contribution in [1.29, 1.82) is 0 Å². The molecule has 3 nitrogen and oxygen atoms in total. The molecule has 3 heteroatoms. The second-order valence-electron chi connectivity index (χ2n) is 2.69. The van der Waals surface area contributed by atoms with E-state index in [-0.39, 0.29) is 0 Å². The van der Waals surface area contributed by atoms with Crippen molar-refractivity contribution in [2.45, 2.75) is 13.3 Å². The first kappa shape index (κ1) is 9.86. The summed E-state index contributed by atoms with van der Waals surface area (Å²) in [6, 6.07) is 0. The highest BCUT2D eigenvalue weighted by Gasteiger charge is 2.15. The average Bonchev–Trinajstić information content (AvgIpc) is 2.50. The zero-order valence-corrected chi connectivity index (χ0v) is 8.04. The minimum atomic E-state index is 0.377. The van der Waals surface area contributed by atoms with E-state index in [1.165, 1.54) is 12.6 Å². The summed E-state index contributed by atoms with van der Waals surface area (Å²) in [4.78, 5) is 0. The number of allylic oxidation sites excluding steroid dienone is 4. The third-order valence-electron chi connectivity index (χ3n) is 1.77. The first-order valence-electron chi connectivity index (χ1n) is 4.27. The lowest BCUT2D eigenvalue weighted by molar-refractivity contribution is 0.0731. The van der Waals surface area contributed by atoms with Crippen LogP contribution in [0.1, 0.15) is 13.3 Å². The van der Waals surface area contributed by atoms with Crippen LogP contribution in [0.25, 0.3) is 0 Å². The summed E-state index contributed by atoms with van der Waals surface area (Å²) >= 11 is 0. The zero-order chi connectivity index (χ0) is 9.68. The van der Waals surface area contributed by atoms with Crippen LogP contribution in [0.3, 0.4) is 0 Å².